The first-order valence-corrected chi connectivity index (χ1v) is 10.9. The summed E-state index contributed by atoms with van der Waals surface area (Å²) >= 11 is 0. The third-order valence-corrected chi connectivity index (χ3v) is 4.38. The Morgan fingerprint density at radius 1 is 0.750 bits per heavy atom. The Bertz CT molecular complexity index is 873. The van der Waals surface area contributed by atoms with Crippen LogP contribution in [-0.2, 0) is 11.2 Å². The molecule has 8 heteroatoms. The number of amides is 2. The second-order valence-corrected chi connectivity index (χ2v) is 6.64. The van der Waals surface area contributed by atoms with Gasteiger partial charge in [0, 0.05) is 12.0 Å². The molecule has 0 spiro atoms. The number of hydrogen-bond donors (Lipinski definition) is 2. The van der Waals surface area contributed by atoms with Crippen molar-refractivity contribution in [2.45, 2.75) is 40.5 Å². The highest BCUT2D eigenvalue weighted by molar-refractivity contribution is 5.96. The number of benzene rings is 2. The molecule has 0 unspecified atom stereocenters. The van der Waals surface area contributed by atoms with Crippen molar-refractivity contribution >= 4 is 11.8 Å². The summed E-state index contributed by atoms with van der Waals surface area (Å²) in [6.07, 6.45) is 0.686. The van der Waals surface area contributed by atoms with E-state index in [1.807, 2.05) is 52.0 Å². The van der Waals surface area contributed by atoms with Crippen LogP contribution in [0.15, 0.2) is 36.4 Å². The fourth-order valence-corrected chi connectivity index (χ4v) is 3.04. The fourth-order valence-electron chi connectivity index (χ4n) is 3.04. The Balaban J connectivity index is 2.03. The lowest BCUT2D eigenvalue weighted by molar-refractivity contribution is -0.121. The van der Waals surface area contributed by atoms with Crippen LogP contribution < -0.4 is 29.8 Å². The van der Waals surface area contributed by atoms with Crippen LogP contribution in [0.25, 0.3) is 0 Å². The van der Waals surface area contributed by atoms with Gasteiger partial charge in [0.15, 0.2) is 11.5 Å². The van der Waals surface area contributed by atoms with E-state index < -0.39 is 5.91 Å². The monoisotopic (exact) mass is 444 g/mol. The summed E-state index contributed by atoms with van der Waals surface area (Å²) in [5.41, 5.74) is 6.11. The predicted octanol–water partition coefficient (Wildman–Crippen LogP) is 3.68. The molecule has 0 saturated carbocycles. The average Bonchev–Trinajstić information content (AvgIpc) is 2.79. The molecule has 32 heavy (non-hydrogen) atoms. The first kappa shape index (κ1) is 24.8. The van der Waals surface area contributed by atoms with Crippen molar-refractivity contribution in [1.29, 1.82) is 0 Å². The lowest BCUT2D eigenvalue weighted by atomic mass is 10.1. The van der Waals surface area contributed by atoms with Gasteiger partial charge in [0.2, 0.25) is 11.7 Å². The first-order valence-electron chi connectivity index (χ1n) is 10.9. The van der Waals surface area contributed by atoms with Crippen LogP contribution in [-0.4, -0.2) is 38.2 Å². The van der Waals surface area contributed by atoms with Crippen molar-refractivity contribution < 1.29 is 28.5 Å². The van der Waals surface area contributed by atoms with Crippen LogP contribution in [0.1, 0.15) is 50.0 Å². The van der Waals surface area contributed by atoms with Gasteiger partial charge in [0.05, 0.1) is 26.4 Å². The van der Waals surface area contributed by atoms with Crippen LogP contribution in [0.4, 0.5) is 0 Å². The molecule has 2 rings (SSSR count). The normalized spacial score (nSPS) is 10.2. The molecular formula is C24H32N2O6. The highest BCUT2D eigenvalue weighted by Gasteiger charge is 2.18. The summed E-state index contributed by atoms with van der Waals surface area (Å²) in [6.45, 7) is 9.22. The van der Waals surface area contributed by atoms with Crippen molar-refractivity contribution in [2.75, 3.05) is 26.4 Å². The van der Waals surface area contributed by atoms with E-state index >= 15 is 0 Å². The second-order valence-electron chi connectivity index (χ2n) is 6.64. The number of rotatable bonds is 12. The van der Waals surface area contributed by atoms with Crippen molar-refractivity contribution in [3.8, 4) is 23.0 Å². The number of aryl methyl sites for hydroxylation is 1. The molecule has 0 aliphatic rings. The smallest absolute Gasteiger partial charge is 0.269 e. The van der Waals surface area contributed by atoms with E-state index in [1.165, 1.54) is 0 Å². The molecule has 0 radical (unpaired) electrons. The van der Waals surface area contributed by atoms with Gasteiger partial charge < -0.3 is 18.9 Å². The lowest BCUT2D eigenvalue weighted by Crippen LogP contribution is -2.41. The van der Waals surface area contributed by atoms with Gasteiger partial charge in [-0.15, -0.1) is 0 Å². The summed E-state index contributed by atoms with van der Waals surface area (Å²) in [7, 11) is 0. The lowest BCUT2D eigenvalue weighted by Gasteiger charge is -2.17. The zero-order valence-corrected chi connectivity index (χ0v) is 19.2. The van der Waals surface area contributed by atoms with Gasteiger partial charge >= 0.3 is 0 Å². The predicted molar refractivity (Wildman–Crippen MR) is 121 cm³/mol. The number of carbonyl (C=O) groups is 2. The molecule has 174 valence electrons. The minimum atomic E-state index is -0.488. The van der Waals surface area contributed by atoms with Crippen molar-refractivity contribution in [1.82, 2.24) is 10.9 Å². The SMILES string of the molecule is CCOc1ccccc1CCC(=O)NNC(=O)c1cc(OCC)c(OCC)c(OCC)c1. The van der Waals surface area contributed by atoms with Gasteiger partial charge in [-0.2, -0.15) is 0 Å². The van der Waals surface area contributed by atoms with Gasteiger partial charge in [-0.25, -0.2) is 0 Å². The summed E-state index contributed by atoms with van der Waals surface area (Å²) < 4.78 is 22.5. The Labute approximate surface area is 189 Å². The van der Waals surface area contributed by atoms with Crippen molar-refractivity contribution in [2.24, 2.45) is 0 Å². The number of carbonyl (C=O) groups excluding carboxylic acids is 2. The third kappa shape index (κ3) is 7.08. The molecule has 0 aliphatic heterocycles. The standard InChI is InChI=1S/C24H32N2O6/c1-5-29-19-12-10-9-11-17(19)13-14-22(27)25-26-24(28)18-15-20(30-6-2)23(32-8-4)21(16-18)31-7-3/h9-12,15-16H,5-8,13-14H2,1-4H3,(H,25,27)(H,26,28). The number of hydrogen-bond acceptors (Lipinski definition) is 6. The molecule has 2 amide bonds. The van der Waals surface area contributed by atoms with Crippen LogP contribution in [0, 0.1) is 0 Å². The molecule has 2 aromatic carbocycles. The van der Waals surface area contributed by atoms with Crippen molar-refractivity contribution in [3.63, 3.8) is 0 Å². The number of hydrazine groups is 1. The zero-order chi connectivity index (χ0) is 23.3. The van der Waals surface area contributed by atoms with Gasteiger partial charge in [0.1, 0.15) is 5.75 Å². The topological polar surface area (TPSA) is 95.1 Å². The number of nitrogens with one attached hydrogen (secondary N) is 2. The summed E-state index contributed by atoms with van der Waals surface area (Å²) in [6, 6.07) is 10.7. The fraction of sp³-hybridized carbons (Fsp3) is 0.417. The van der Waals surface area contributed by atoms with E-state index in [0.29, 0.717) is 50.1 Å². The second kappa shape index (κ2) is 13.1. The van der Waals surface area contributed by atoms with Gasteiger partial charge in [-0.1, -0.05) is 18.2 Å². The Kier molecular flexibility index (Phi) is 10.2. The van der Waals surface area contributed by atoms with Gasteiger partial charge in [-0.3, -0.25) is 20.4 Å². The highest BCUT2D eigenvalue weighted by atomic mass is 16.5. The van der Waals surface area contributed by atoms with Gasteiger partial charge in [-0.05, 0) is 57.9 Å². The van der Waals surface area contributed by atoms with Crippen LogP contribution in [0.3, 0.4) is 0 Å². The first-order chi connectivity index (χ1) is 15.5. The molecule has 8 nitrogen and oxygen atoms in total. The molecule has 0 atom stereocenters. The van der Waals surface area contributed by atoms with Crippen LogP contribution in [0.5, 0.6) is 23.0 Å². The minimum absolute atomic E-state index is 0.196. The quantitative estimate of drug-likeness (QED) is 0.485. The minimum Gasteiger partial charge on any atom is -0.494 e. The third-order valence-electron chi connectivity index (χ3n) is 4.38. The van der Waals surface area contributed by atoms with Gasteiger partial charge in [0.25, 0.3) is 5.91 Å². The summed E-state index contributed by atoms with van der Waals surface area (Å²) in [5, 5.41) is 0. The van der Waals surface area contributed by atoms with E-state index in [1.54, 1.807) is 12.1 Å². The molecule has 0 heterocycles. The Hall–Kier alpha value is -3.42. The van der Waals surface area contributed by atoms with E-state index in [-0.39, 0.29) is 17.9 Å². The summed E-state index contributed by atoms with van der Waals surface area (Å²) in [5.74, 6) is 1.22. The molecule has 0 saturated heterocycles. The Morgan fingerprint density at radius 3 is 1.91 bits per heavy atom. The number of ether oxygens (including phenoxy) is 4. The Morgan fingerprint density at radius 2 is 1.31 bits per heavy atom. The van der Waals surface area contributed by atoms with Crippen LogP contribution >= 0.6 is 0 Å². The molecule has 2 aromatic rings. The van der Waals surface area contributed by atoms with E-state index in [4.69, 9.17) is 18.9 Å². The number of para-hydroxylation sites is 1. The van der Waals surface area contributed by atoms with E-state index in [0.717, 1.165) is 11.3 Å². The highest BCUT2D eigenvalue weighted by Crippen LogP contribution is 2.39. The average molecular weight is 445 g/mol. The maximum Gasteiger partial charge on any atom is 0.269 e. The molecular weight excluding hydrogens is 412 g/mol. The molecule has 0 aliphatic carbocycles. The van der Waals surface area contributed by atoms with Crippen LogP contribution in [0.2, 0.25) is 0 Å². The van der Waals surface area contributed by atoms with E-state index in [9.17, 15) is 9.59 Å². The largest absolute Gasteiger partial charge is 0.494 e. The summed E-state index contributed by atoms with van der Waals surface area (Å²) in [4.78, 5) is 24.9. The maximum absolute atomic E-state index is 12.6. The maximum atomic E-state index is 12.6. The molecule has 0 aromatic heterocycles. The molecule has 0 bridgehead atoms. The molecule has 2 N–H and O–H groups in total. The van der Waals surface area contributed by atoms with E-state index in [2.05, 4.69) is 10.9 Å². The molecule has 0 fully saturated rings. The zero-order valence-electron chi connectivity index (χ0n) is 19.2. The van der Waals surface area contributed by atoms with Crippen molar-refractivity contribution in [3.05, 3.63) is 47.5 Å².